The third-order valence-corrected chi connectivity index (χ3v) is 3.31. The number of benzene rings is 1. The van der Waals surface area contributed by atoms with E-state index in [1.165, 1.54) is 0 Å². The van der Waals surface area contributed by atoms with E-state index in [1.807, 2.05) is 31.2 Å². The summed E-state index contributed by atoms with van der Waals surface area (Å²) in [5.74, 6) is 0.643. The maximum atomic E-state index is 10.5. The molecule has 2 rings (SSSR count). The summed E-state index contributed by atoms with van der Waals surface area (Å²) in [6, 6.07) is 7.97. The lowest BCUT2D eigenvalue weighted by Gasteiger charge is -2.20. The number of aryl methyl sites for hydroxylation is 1. The van der Waals surface area contributed by atoms with Crippen molar-refractivity contribution in [1.29, 1.82) is 0 Å². The Balaban J connectivity index is 2.27. The van der Waals surface area contributed by atoms with Gasteiger partial charge in [-0.05, 0) is 45.0 Å². The zero-order valence-corrected chi connectivity index (χ0v) is 11.3. The average Bonchev–Trinajstić information content (AvgIpc) is 2.75. The molecule has 0 bridgehead atoms. The third kappa shape index (κ3) is 2.57. The quantitative estimate of drug-likeness (QED) is 0.798. The standard InChI is InChI=1S/C15H21NO2/c1-4-16-9-8-15(3,17)13-10-12-7-5-6-11(2)14(12)18-13/h5-7,10,16-17H,4,8-9H2,1-3H3. The molecular formula is C15H21NO2. The Morgan fingerprint density at radius 2 is 2.17 bits per heavy atom. The van der Waals surface area contributed by atoms with E-state index in [4.69, 9.17) is 4.42 Å². The van der Waals surface area contributed by atoms with Crippen molar-refractivity contribution in [3.8, 4) is 0 Å². The van der Waals surface area contributed by atoms with Crippen molar-refractivity contribution in [3.63, 3.8) is 0 Å². The van der Waals surface area contributed by atoms with E-state index in [0.29, 0.717) is 12.2 Å². The van der Waals surface area contributed by atoms with Crippen LogP contribution in [-0.2, 0) is 5.60 Å². The Hall–Kier alpha value is -1.32. The molecule has 0 amide bonds. The lowest BCUT2D eigenvalue weighted by Crippen LogP contribution is -2.27. The van der Waals surface area contributed by atoms with Crippen molar-refractivity contribution >= 4 is 11.0 Å². The SMILES string of the molecule is CCNCCC(C)(O)c1cc2cccc(C)c2o1. The molecule has 3 heteroatoms. The van der Waals surface area contributed by atoms with Gasteiger partial charge >= 0.3 is 0 Å². The van der Waals surface area contributed by atoms with Gasteiger partial charge < -0.3 is 14.8 Å². The largest absolute Gasteiger partial charge is 0.458 e. The second-order valence-corrected chi connectivity index (χ2v) is 4.98. The van der Waals surface area contributed by atoms with Gasteiger partial charge in [0, 0.05) is 5.39 Å². The minimum atomic E-state index is -0.923. The molecule has 1 aromatic carbocycles. The van der Waals surface area contributed by atoms with Crippen LogP contribution in [0.3, 0.4) is 0 Å². The molecule has 1 heterocycles. The highest BCUT2D eigenvalue weighted by molar-refractivity contribution is 5.81. The summed E-state index contributed by atoms with van der Waals surface area (Å²) < 4.78 is 5.82. The van der Waals surface area contributed by atoms with E-state index in [-0.39, 0.29) is 0 Å². The predicted molar refractivity (Wildman–Crippen MR) is 73.7 cm³/mol. The summed E-state index contributed by atoms with van der Waals surface area (Å²) in [5, 5.41) is 14.7. The van der Waals surface area contributed by atoms with Crippen LogP contribution < -0.4 is 5.32 Å². The Morgan fingerprint density at radius 1 is 1.39 bits per heavy atom. The Morgan fingerprint density at radius 3 is 2.83 bits per heavy atom. The first-order valence-corrected chi connectivity index (χ1v) is 6.47. The lowest BCUT2D eigenvalue weighted by atomic mass is 9.99. The zero-order chi connectivity index (χ0) is 13.2. The highest BCUT2D eigenvalue weighted by atomic mass is 16.4. The average molecular weight is 247 g/mol. The van der Waals surface area contributed by atoms with Gasteiger partial charge in [0.05, 0.1) is 0 Å². The van der Waals surface area contributed by atoms with Gasteiger partial charge in [-0.2, -0.15) is 0 Å². The van der Waals surface area contributed by atoms with Gasteiger partial charge in [-0.3, -0.25) is 0 Å². The van der Waals surface area contributed by atoms with Crippen molar-refractivity contribution in [2.75, 3.05) is 13.1 Å². The van der Waals surface area contributed by atoms with Crippen molar-refractivity contribution in [2.24, 2.45) is 0 Å². The van der Waals surface area contributed by atoms with E-state index in [2.05, 4.69) is 12.2 Å². The van der Waals surface area contributed by atoms with Crippen LogP contribution in [0.1, 0.15) is 31.6 Å². The fourth-order valence-corrected chi connectivity index (χ4v) is 2.11. The molecule has 3 nitrogen and oxygen atoms in total. The van der Waals surface area contributed by atoms with Crippen LogP contribution in [-0.4, -0.2) is 18.2 Å². The fraction of sp³-hybridized carbons (Fsp3) is 0.467. The summed E-state index contributed by atoms with van der Waals surface area (Å²) in [6.07, 6.45) is 0.639. The summed E-state index contributed by atoms with van der Waals surface area (Å²) in [5.41, 5.74) is 1.05. The molecule has 0 spiro atoms. The van der Waals surface area contributed by atoms with Crippen LogP contribution in [0.2, 0.25) is 0 Å². The highest BCUT2D eigenvalue weighted by Gasteiger charge is 2.27. The molecule has 18 heavy (non-hydrogen) atoms. The maximum Gasteiger partial charge on any atom is 0.137 e. The normalized spacial score (nSPS) is 14.9. The number of hydrogen-bond acceptors (Lipinski definition) is 3. The molecule has 0 aliphatic carbocycles. The van der Waals surface area contributed by atoms with Crippen LogP contribution in [0.15, 0.2) is 28.7 Å². The van der Waals surface area contributed by atoms with Gasteiger partial charge in [0.1, 0.15) is 16.9 Å². The van der Waals surface area contributed by atoms with E-state index >= 15 is 0 Å². The Labute approximate surface area is 108 Å². The van der Waals surface area contributed by atoms with E-state index in [0.717, 1.165) is 29.6 Å². The summed E-state index contributed by atoms with van der Waals surface area (Å²) in [6.45, 7) is 7.56. The van der Waals surface area contributed by atoms with E-state index < -0.39 is 5.60 Å². The van der Waals surface area contributed by atoms with E-state index in [1.54, 1.807) is 6.92 Å². The Bertz CT molecular complexity index is 528. The van der Waals surface area contributed by atoms with Crippen molar-refractivity contribution in [3.05, 3.63) is 35.6 Å². The van der Waals surface area contributed by atoms with Crippen LogP contribution in [0.25, 0.3) is 11.0 Å². The second-order valence-electron chi connectivity index (χ2n) is 4.98. The third-order valence-electron chi connectivity index (χ3n) is 3.31. The fourth-order valence-electron chi connectivity index (χ4n) is 2.11. The summed E-state index contributed by atoms with van der Waals surface area (Å²) >= 11 is 0. The molecule has 1 atom stereocenters. The van der Waals surface area contributed by atoms with Gasteiger partial charge in [0.15, 0.2) is 0 Å². The zero-order valence-electron chi connectivity index (χ0n) is 11.3. The van der Waals surface area contributed by atoms with Gasteiger partial charge in [0.2, 0.25) is 0 Å². The lowest BCUT2D eigenvalue weighted by molar-refractivity contribution is 0.0273. The molecule has 0 saturated heterocycles. The summed E-state index contributed by atoms with van der Waals surface area (Å²) in [7, 11) is 0. The second kappa shape index (κ2) is 5.12. The molecule has 1 unspecified atom stereocenters. The smallest absolute Gasteiger partial charge is 0.137 e. The number of nitrogens with one attached hydrogen (secondary N) is 1. The molecule has 0 aliphatic heterocycles. The van der Waals surface area contributed by atoms with Crippen LogP contribution >= 0.6 is 0 Å². The van der Waals surface area contributed by atoms with Gasteiger partial charge in [-0.25, -0.2) is 0 Å². The minimum absolute atomic E-state index is 0.639. The summed E-state index contributed by atoms with van der Waals surface area (Å²) in [4.78, 5) is 0. The number of rotatable bonds is 5. The van der Waals surface area contributed by atoms with Crippen molar-refractivity contribution < 1.29 is 9.52 Å². The molecule has 98 valence electrons. The maximum absolute atomic E-state index is 10.5. The van der Waals surface area contributed by atoms with E-state index in [9.17, 15) is 5.11 Å². The van der Waals surface area contributed by atoms with Crippen LogP contribution in [0, 0.1) is 6.92 Å². The molecular weight excluding hydrogens is 226 g/mol. The first kappa shape index (κ1) is 13.1. The molecule has 2 N–H and O–H groups in total. The van der Waals surface area contributed by atoms with Crippen LogP contribution in [0.5, 0.6) is 0 Å². The monoisotopic (exact) mass is 247 g/mol. The van der Waals surface area contributed by atoms with Gasteiger partial charge in [0.25, 0.3) is 0 Å². The minimum Gasteiger partial charge on any atom is -0.458 e. The van der Waals surface area contributed by atoms with Crippen molar-refractivity contribution in [2.45, 2.75) is 32.8 Å². The van der Waals surface area contributed by atoms with Gasteiger partial charge in [-0.15, -0.1) is 0 Å². The number of para-hydroxylation sites is 1. The Kier molecular flexibility index (Phi) is 3.73. The molecule has 0 saturated carbocycles. The molecule has 1 aromatic heterocycles. The molecule has 2 aromatic rings. The number of fused-ring (bicyclic) bond motifs is 1. The predicted octanol–water partition coefficient (Wildman–Crippen LogP) is 2.95. The topological polar surface area (TPSA) is 45.4 Å². The van der Waals surface area contributed by atoms with Crippen LogP contribution in [0.4, 0.5) is 0 Å². The molecule has 0 fully saturated rings. The molecule has 0 radical (unpaired) electrons. The highest BCUT2D eigenvalue weighted by Crippen LogP contribution is 2.31. The molecule has 0 aliphatic rings. The first-order chi connectivity index (χ1) is 8.54. The number of furan rings is 1. The van der Waals surface area contributed by atoms with Crippen molar-refractivity contribution in [1.82, 2.24) is 5.32 Å². The number of hydrogen-bond donors (Lipinski definition) is 2. The first-order valence-electron chi connectivity index (χ1n) is 6.47. The van der Waals surface area contributed by atoms with Gasteiger partial charge in [-0.1, -0.05) is 25.1 Å². The number of aliphatic hydroxyl groups is 1.